The van der Waals surface area contributed by atoms with Crippen LogP contribution in [0.3, 0.4) is 0 Å². The van der Waals surface area contributed by atoms with E-state index in [2.05, 4.69) is 0 Å². The average molecular weight is 372 g/mol. The van der Waals surface area contributed by atoms with E-state index in [0.717, 1.165) is 11.1 Å². The average Bonchev–Trinajstić information content (AvgIpc) is 3.32. The molecule has 0 saturated carbocycles. The van der Waals surface area contributed by atoms with Gasteiger partial charge in [-0.25, -0.2) is 0 Å². The minimum atomic E-state index is -0.664. The summed E-state index contributed by atoms with van der Waals surface area (Å²) in [4.78, 5) is 23.6. The number of carbonyl (C=O) groups excluding carboxylic acids is 2. The zero-order valence-electron chi connectivity index (χ0n) is 14.3. The van der Waals surface area contributed by atoms with Crippen molar-refractivity contribution in [3.8, 4) is 23.0 Å². The van der Waals surface area contributed by atoms with Crippen LogP contribution in [0.2, 0.25) is 0 Å². The van der Waals surface area contributed by atoms with Gasteiger partial charge in [-0.1, -0.05) is 12.1 Å². The first-order valence-electron chi connectivity index (χ1n) is 8.26. The van der Waals surface area contributed by atoms with Crippen LogP contribution in [0.4, 0.5) is 0 Å². The third-order valence-corrected chi connectivity index (χ3v) is 3.96. The minimum Gasteiger partial charge on any atom is -0.460 e. The van der Waals surface area contributed by atoms with Crippen LogP contribution in [0.15, 0.2) is 36.4 Å². The molecule has 2 aromatic carbocycles. The van der Waals surface area contributed by atoms with Gasteiger partial charge in [0.15, 0.2) is 23.0 Å². The third kappa shape index (κ3) is 4.05. The molecule has 0 bridgehead atoms. The second-order valence-electron chi connectivity index (χ2n) is 5.87. The Morgan fingerprint density at radius 2 is 1.15 bits per heavy atom. The first-order valence-corrected chi connectivity index (χ1v) is 8.26. The lowest BCUT2D eigenvalue weighted by atomic mass is 10.2. The number of esters is 2. The van der Waals surface area contributed by atoms with Gasteiger partial charge in [0.05, 0.1) is 0 Å². The van der Waals surface area contributed by atoms with Crippen LogP contribution < -0.4 is 18.9 Å². The summed E-state index contributed by atoms with van der Waals surface area (Å²) in [5, 5.41) is 0. The number of ether oxygens (including phenoxy) is 6. The number of carbonyl (C=O) groups is 2. The Bertz CT molecular complexity index is 805. The Kier molecular flexibility index (Phi) is 4.69. The van der Waals surface area contributed by atoms with Crippen molar-refractivity contribution in [1.29, 1.82) is 0 Å². The van der Waals surface area contributed by atoms with E-state index >= 15 is 0 Å². The quantitative estimate of drug-likeness (QED) is 0.564. The highest BCUT2D eigenvalue weighted by atomic mass is 16.7. The van der Waals surface area contributed by atoms with Crippen molar-refractivity contribution >= 4 is 11.9 Å². The molecule has 0 spiro atoms. The Morgan fingerprint density at radius 1 is 0.704 bits per heavy atom. The molecular formula is C19H16O8. The highest BCUT2D eigenvalue weighted by Crippen LogP contribution is 2.33. The maximum Gasteiger partial charge on any atom is 0.317 e. The fourth-order valence-electron chi connectivity index (χ4n) is 2.61. The molecule has 0 fully saturated rings. The molecule has 2 aliphatic heterocycles. The van der Waals surface area contributed by atoms with E-state index in [0.29, 0.717) is 23.0 Å². The van der Waals surface area contributed by atoms with Crippen LogP contribution in [0.25, 0.3) is 0 Å². The molecule has 2 aromatic rings. The Hall–Kier alpha value is -3.42. The van der Waals surface area contributed by atoms with Crippen LogP contribution in [-0.2, 0) is 32.3 Å². The van der Waals surface area contributed by atoms with Crippen molar-refractivity contribution < 1.29 is 38.0 Å². The monoisotopic (exact) mass is 372 g/mol. The van der Waals surface area contributed by atoms with E-state index < -0.39 is 18.4 Å². The van der Waals surface area contributed by atoms with Crippen LogP contribution in [0, 0.1) is 0 Å². The molecule has 0 aliphatic carbocycles. The van der Waals surface area contributed by atoms with Crippen LogP contribution in [-0.4, -0.2) is 25.5 Å². The highest BCUT2D eigenvalue weighted by Gasteiger charge is 2.17. The number of hydrogen-bond donors (Lipinski definition) is 0. The SMILES string of the molecule is O=C(CC(=O)OCc1ccc2c(c1)OCO2)OCc1ccc2c(c1)OCO2. The summed E-state index contributed by atoms with van der Waals surface area (Å²) in [6.07, 6.45) is -0.463. The maximum absolute atomic E-state index is 11.8. The van der Waals surface area contributed by atoms with E-state index in [1.165, 1.54) is 0 Å². The molecule has 4 rings (SSSR count). The molecule has 0 saturated heterocycles. The molecule has 2 heterocycles. The van der Waals surface area contributed by atoms with Gasteiger partial charge in [0.1, 0.15) is 19.6 Å². The molecule has 8 heteroatoms. The predicted octanol–water partition coefficient (Wildman–Crippen LogP) is 2.32. The van der Waals surface area contributed by atoms with Gasteiger partial charge in [0.25, 0.3) is 0 Å². The second kappa shape index (κ2) is 7.45. The number of rotatable bonds is 6. The minimum absolute atomic E-state index is 0.0327. The van der Waals surface area contributed by atoms with E-state index in [-0.39, 0.29) is 26.8 Å². The van der Waals surface area contributed by atoms with Gasteiger partial charge in [-0.3, -0.25) is 9.59 Å². The summed E-state index contributed by atoms with van der Waals surface area (Å²) in [6, 6.07) is 10.5. The smallest absolute Gasteiger partial charge is 0.317 e. The van der Waals surface area contributed by atoms with E-state index in [1.54, 1.807) is 36.4 Å². The summed E-state index contributed by atoms with van der Waals surface area (Å²) in [5.74, 6) is 1.18. The third-order valence-electron chi connectivity index (χ3n) is 3.96. The molecule has 0 N–H and O–H groups in total. The fourth-order valence-corrected chi connectivity index (χ4v) is 2.61. The molecule has 0 radical (unpaired) electrons. The summed E-state index contributed by atoms with van der Waals surface area (Å²) in [6.45, 7) is 0.414. The standard InChI is InChI=1S/C19H16O8/c20-18(22-8-12-1-3-14-16(5-12)26-10-24-14)7-19(21)23-9-13-2-4-15-17(6-13)27-11-25-15/h1-6H,7-11H2. The van der Waals surface area contributed by atoms with E-state index in [1.807, 2.05) is 0 Å². The van der Waals surface area contributed by atoms with Gasteiger partial charge in [-0.2, -0.15) is 0 Å². The lowest BCUT2D eigenvalue weighted by molar-refractivity contribution is -0.156. The summed E-state index contributed by atoms with van der Waals surface area (Å²) >= 11 is 0. The molecule has 0 unspecified atom stereocenters. The molecule has 140 valence electrons. The molecule has 2 aliphatic rings. The zero-order valence-corrected chi connectivity index (χ0v) is 14.3. The molecule has 27 heavy (non-hydrogen) atoms. The van der Waals surface area contributed by atoms with Crippen molar-refractivity contribution in [2.75, 3.05) is 13.6 Å². The molecule has 0 aromatic heterocycles. The van der Waals surface area contributed by atoms with Crippen LogP contribution >= 0.6 is 0 Å². The van der Waals surface area contributed by atoms with Crippen molar-refractivity contribution in [2.45, 2.75) is 19.6 Å². The van der Waals surface area contributed by atoms with Crippen molar-refractivity contribution in [2.24, 2.45) is 0 Å². The normalized spacial score (nSPS) is 13.3. The molecule has 8 nitrogen and oxygen atoms in total. The van der Waals surface area contributed by atoms with Crippen molar-refractivity contribution in [3.05, 3.63) is 47.5 Å². The van der Waals surface area contributed by atoms with Gasteiger partial charge in [0.2, 0.25) is 13.6 Å². The second-order valence-corrected chi connectivity index (χ2v) is 5.87. The number of hydrogen-bond acceptors (Lipinski definition) is 8. The number of benzene rings is 2. The lowest BCUT2D eigenvalue weighted by Gasteiger charge is -2.07. The Morgan fingerprint density at radius 3 is 1.63 bits per heavy atom. The Balaban J connectivity index is 1.21. The van der Waals surface area contributed by atoms with Crippen molar-refractivity contribution in [3.63, 3.8) is 0 Å². The largest absolute Gasteiger partial charge is 0.460 e. The molecular weight excluding hydrogens is 356 g/mol. The van der Waals surface area contributed by atoms with Gasteiger partial charge < -0.3 is 28.4 Å². The summed E-state index contributed by atoms with van der Waals surface area (Å²) in [5.41, 5.74) is 1.47. The van der Waals surface area contributed by atoms with Gasteiger partial charge in [0, 0.05) is 0 Å². The fraction of sp³-hybridized carbons (Fsp3) is 0.263. The molecule has 0 atom stereocenters. The summed E-state index contributed by atoms with van der Waals surface area (Å²) in [7, 11) is 0. The first-order chi connectivity index (χ1) is 13.2. The maximum atomic E-state index is 11.8. The first kappa shape index (κ1) is 17.0. The number of fused-ring (bicyclic) bond motifs is 2. The Labute approximate surface area is 154 Å². The highest BCUT2D eigenvalue weighted by molar-refractivity contribution is 5.91. The van der Waals surface area contributed by atoms with Crippen molar-refractivity contribution in [1.82, 2.24) is 0 Å². The summed E-state index contributed by atoms with van der Waals surface area (Å²) < 4.78 is 31.1. The van der Waals surface area contributed by atoms with Gasteiger partial charge in [-0.15, -0.1) is 0 Å². The van der Waals surface area contributed by atoms with Crippen LogP contribution in [0.5, 0.6) is 23.0 Å². The van der Waals surface area contributed by atoms with E-state index in [9.17, 15) is 9.59 Å². The predicted molar refractivity (Wildman–Crippen MR) is 89.3 cm³/mol. The zero-order chi connectivity index (χ0) is 18.6. The van der Waals surface area contributed by atoms with Gasteiger partial charge >= 0.3 is 11.9 Å². The topological polar surface area (TPSA) is 89.5 Å². The lowest BCUT2D eigenvalue weighted by Crippen LogP contribution is -2.13. The molecule has 0 amide bonds. The van der Waals surface area contributed by atoms with Crippen LogP contribution in [0.1, 0.15) is 17.5 Å². The van der Waals surface area contributed by atoms with E-state index in [4.69, 9.17) is 28.4 Å². The van der Waals surface area contributed by atoms with Gasteiger partial charge in [-0.05, 0) is 35.4 Å².